The SMILES string of the molecule is O=C(NCc1ccc2ccccc2c1)c1ccnc2ccccc12. The number of amides is 1. The molecule has 0 fully saturated rings. The Labute approximate surface area is 140 Å². The molecule has 1 heterocycles. The van der Waals surface area contributed by atoms with E-state index in [2.05, 4.69) is 34.6 Å². The molecule has 3 heteroatoms. The van der Waals surface area contributed by atoms with Crippen LogP contribution in [0.2, 0.25) is 0 Å². The van der Waals surface area contributed by atoms with Crippen molar-refractivity contribution < 1.29 is 4.79 Å². The highest BCUT2D eigenvalue weighted by Gasteiger charge is 2.10. The Hall–Kier alpha value is -3.20. The molecule has 3 aromatic carbocycles. The number of rotatable bonds is 3. The Morgan fingerprint density at radius 2 is 1.67 bits per heavy atom. The number of nitrogens with zero attached hydrogens (tertiary/aromatic N) is 1. The largest absolute Gasteiger partial charge is 0.348 e. The van der Waals surface area contributed by atoms with Crippen molar-refractivity contribution in [1.82, 2.24) is 10.3 Å². The van der Waals surface area contributed by atoms with Crippen LogP contribution in [0.4, 0.5) is 0 Å². The molecule has 1 amide bonds. The summed E-state index contributed by atoms with van der Waals surface area (Å²) in [5, 5.41) is 6.26. The van der Waals surface area contributed by atoms with Gasteiger partial charge in [-0.05, 0) is 34.5 Å². The second kappa shape index (κ2) is 6.13. The van der Waals surface area contributed by atoms with E-state index in [-0.39, 0.29) is 5.91 Å². The summed E-state index contributed by atoms with van der Waals surface area (Å²) < 4.78 is 0. The van der Waals surface area contributed by atoms with Crippen LogP contribution in [0.5, 0.6) is 0 Å². The molecule has 0 atom stereocenters. The number of para-hydroxylation sites is 1. The summed E-state index contributed by atoms with van der Waals surface area (Å²) in [6, 6.07) is 23.9. The van der Waals surface area contributed by atoms with Gasteiger partial charge in [0.05, 0.1) is 11.1 Å². The van der Waals surface area contributed by atoms with Crippen LogP contribution in [0.15, 0.2) is 79.0 Å². The first kappa shape index (κ1) is 14.4. The fourth-order valence-electron chi connectivity index (χ4n) is 2.92. The Balaban J connectivity index is 1.57. The van der Waals surface area contributed by atoms with Gasteiger partial charge in [0.1, 0.15) is 0 Å². The lowest BCUT2D eigenvalue weighted by Crippen LogP contribution is -2.23. The number of hydrogen-bond donors (Lipinski definition) is 1. The van der Waals surface area contributed by atoms with Crippen molar-refractivity contribution in [3.8, 4) is 0 Å². The van der Waals surface area contributed by atoms with Crippen LogP contribution in [-0.2, 0) is 6.54 Å². The van der Waals surface area contributed by atoms with Crippen LogP contribution in [0.25, 0.3) is 21.7 Å². The number of hydrogen-bond acceptors (Lipinski definition) is 2. The molecule has 0 saturated carbocycles. The molecule has 0 bridgehead atoms. The van der Waals surface area contributed by atoms with Crippen molar-refractivity contribution in [3.05, 3.63) is 90.1 Å². The third-order valence-electron chi connectivity index (χ3n) is 4.16. The Kier molecular flexibility index (Phi) is 3.67. The number of carbonyl (C=O) groups is 1. The first-order valence-corrected chi connectivity index (χ1v) is 7.91. The van der Waals surface area contributed by atoms with Gasteiger partial charge in [0.2, 0.25) is 0 Å². The molecule has 0 unspecified atom stereocenters. The molecule has 3 nitrogen and oxygen atoms in total. The molecule has 0 aliphatic rings. The molecular weight excluding hydrogens is 296 g/mol. The Bertz CT molecular complexity index is 1030. The van der Waals surface area contributed by atoms with Crippen LogP contribution in [0.3, 0.4) is 0 Å². The van der Waals surface area contributed by atoms with Gasteiger partial charge < -0.3 is 5.32 Å². The number of aromatic nitrogens is 1. The number of carbonyl (C=O) groups excluding carboxylic acids is 1. The van der Waals surface area contributed by atoms with E-state index >= 15 is 0 Å². The zero-order valence-electron chi connectivity index (χ0n) is 13.1. The molecule has 0 radical (unpaired) electrons. The van der Waals surface area contributed by atoms with Gasteiger partial charge in [0.15, 0.2) is 0 Å². The fraction of sp³-hybridized carbons (Fsp3) is 0.0476. The van der Waals surface area contributed by atoms with Crippen LogP contribution < -0.4 is 5.32 Å². The second-order valence-corrected chi connectivity index (χ2v) is 5.74. The van der Waals surface area contributed by atoms with Gasteiger partial charge in [-0.15, -0.1) is 0 Å². The van der Waals surface area contributed by atoms with Gasteiger partial charge in [0.25, 0.3) is 5.91 Å². The smallest absolute Gasteiger partial charge is 0.252 e. The van der Waals surface area contributed by atoms with Gasteiger partial charge in [-0.1, -0.05) is 54.6 Å². The summed E-state index contributed by atoms with van der Waals surface area (Å²) in [6.07, 6.45) is 1.67. The van der Waals surface area contributed by atoms with Gasteiger partial charge in [-0.3, -0.25) is 9.78 Å². The lowest BCUT2D eigenvalue weighted by atomic mass is 10.1. The third-order valence-corrected chi connectivity index (χ3v) is 4.16. The van der Waals surface area contributed by atoms with Crippen LogP contribution in [-0.4, -0.2) is 10.9 Å². The van der Waals surface area contributed by atoms with Gasteiger partial charge in [-0.2, -0.15) is 0 Å². The van der Waals surface area contributed by atoms with Crippen LogP contribution in [0, 0.1) is 0 Å². The fourth-order valence-corrected chi connectivity index (χ4v) is 2.92. The van der Waals surface area contributed by atoms with Gasteiger partial charge >= 0.3 is 0 Å². The average Bonchev–Trinajstić information content (AvgIpc) is 2.65. The minimum absolute atomic E-state index is 0.0817. The van der Waals surface area contributed by atoms with Crippen molar-refractivity contribution in [1.29, 1.82) is 0 Å². The van der Waals surface area contributed by atoms with E-state index in [4.69, 9.17) is 0 Å². The summed E-state index contributed by atoms with van der Waals surface area (Å²) in [7, 11) is 0. The van der Waals surface area contributed by atoms with E-state index in [1.807, 2.05) is 42.5 Å². The number of nitrogens with one attached hydrogen (secondary N) is 1. The van der Waals surface area contributed by atoms with Gasteiger partial charge in [0, 0.05) is 18.1 Å². The molecule has 1 aromatic heterocycles. The average molecular weight is 312 g/mol. The Morgan fingerprint density at radius 3 is 2.58 bits per heavy atom. The predicted octanol–water partition coefficient (Wildman–Crippen LogP) is 4.32. The zero-order valence-corrected chi connectivity index (χ0v) is 13.1. The van der Waals surface area contributed by atoms with E-state index in [1.165, 1.54) is 10.8 Å². The molecule has 0 spiro atoms. The lowest BCUT2D eigenvalue weighted by Gasteiger charge is -2.08. The van der Waals surface area contributed by atoms with E-state index in [1.54, 1.807) is 12.3 Å². The van der Waals surface area contributed by atoms with E-state index in [0.29, 0.717) is 12.1 Å². The standard InChI is InChI=1S/C21H16N2O/c24-21(19-11-12-22-20-8-4-3-7-18(19)20)23-14-15-9-10-16-5-1-2-6-17(16)13-15/h1-13H,14H2,(H,23,24). The Morgan fingerprint density at radius 1 is 0.875 bits per heavy atom. The maximum Gasteiger partial charge on any atom is 0.252 e. The summed E-state index contributed by atoms with van der Waals surface area (Å²) in [4.78, 5) is 16.9. The maximum atomic E-state index is 12.6. The van der Waals surface area contributed by atoms with Crippen molar-refractivity contribution in [2.75, 3.05) is 0 Å². The highest BCUT2D eigenvalue weighted by atomic mass is 16.1. The predicted molar refractivity (Wildman–Crippen MR) is 96.9 cm³/mol. The minimum atomic E-state index is -0.0817. The monoisotopic (exact) mass is 312 g/mol. The maximum absolute atomic E-state index is 12.6. The molecule has 4 aromatic rings. The van der Waals surface area contributed by atoms with Gasteiger partial charge in [-0.25, -0.2) is 0 Å². The molecule has 0 aliphatic heterocycles. The van der Waals surface area contributed by atoms with E-state index < -0.39 is 0 Å². The molecule has 24 heavy (non-hydrogen) atoms. The third kappa shape index (κ3) is 2.72. The number of benzene rings is 3. The molecule has 1 N–H and O–H groups in total. The van der Waals surface area contributed by atoms with Crippen molar-refractivity contribution in [3.63, 3.8) is 0 Å². The van der Waals surface area contributed by atoms with E-state index in [9.17, 15) is 4.79 Å². The quantitative estimate of drug-likeness (QED) is 0.612. The zero-order chi connectivity index (χ0) is 16.4. The van der Waals surface area contributed by atoms with Crippen LogP contribution >= 0.6 is 0 Å². The summed E-state index contributed by atoms with van der Waals surface area (Å²) in [5.41, 5.74) is 2.57. The summed E-state index contributed by atoms with van der Waals surface area (Å²) >= 11 is 0. The highest BCUT2D eigenvalue weighted by molar-refractivity contribution is 6.05. The summed E-state index contributed by atoms with van der Waals surface area (Å²) in [6.45, 7) is 0.500. The molecule has 0 aliphatic carbocycles. The molecular formula is C21H16N2O. The topological polar surface area (TPSA) is 42.0 Å². The van der Waals surface area contributed by atoms with Crippen molar-refractivity contribution in [2.24, 2.45) is 0 Å². The normalized spacial score (nSPS) is 10.8. The number of fused-ring (bicyclic) bond motifs is 2. The van der Waals surface area contributed by atoms with E-state index in [0.717, 1.165) is 16.5 Å². The highest BCUT2D eigenvalue weighted by Crippen LogP contribution is 2.17. The van der Waals surface area contributed by atoms with Crippen molar-refractivity contribution in [2.45, 2.75) is 6.54 Å². The lowest BCUT2D eigenvalue weighted by molar-refractivity contribution is 0.0952. The molecule has 116 valence electrons. The second-order valence-electron chi connectivity index (χ2n) is 5.74. The first-order chi connectivity index (χ1) is 11.8. The van der Waals surface area contributed by atoms with Crippen LogP contribution in [0.1, 0.15) is 15.9 Å². The summed E-state index contributed by atoms with van der Waals surface area (Å²) in [5.74, 6) is -0.0817. The number of pyridine rings is 1. The molecule has 4 rings (SSSR count). The molecule has 0 saturated heterocycles. The first-order valence-electron chi connectivity index (χ1n) is 7.91. The van der Waals surface area contributed by atoms with Crippen molar-refractivity contribution >= 4 is 27.6 Å². The minimum Gasteiger partial charge on any atom is -0.348 e.